The van der Waals surface area contributed by atoms with Crippen molar-refractivity contribution in [3.63, 3.8) is 0 Å². The van der Waals surface area contributed by atoms with Gasteiger partial charge in [0.1, 0.15) is 22.9 Å². The number of anilines is 1. The number of rotatable bonds is 4. The highest BCUT2D eigenvalue weighted by atomic mass is 16.5. The first-order valence-electron chi connectivity index (χ1n) is 10.5. The number of piperidine rings is 1. The number of pyridine rings is 1. The molecular formula is C23H29N3O4. The molecule has 2 aromatic heterocycles. The summed E-state index contributed by atoms with van der Waals surface area (Å²) in [5.74, 6) is 2.86. The molecular weight excluding hydrogens is 382 g/mol. The lowest BCUT2D eigenvalue weighted by Crippen LogP contribution is -2.39. The first-order chi connectivity index (χ1) is 14.4. The zero-order valence-electron chi connectivity index (χ0n) is 18.1. The second kappa shape index (κ2) is 8.13. The molecule has 1 aliphatic heterocycles. The van der Waals surface area contributed by atoms with Crippen LogP contribution in [-0.2, 0) is 4.74 Å². The Morgan fingerprint density at radius 2 is 2.00 bits per heavy atom. The van der Waals surface area contributed by atoms with Crippen molar-refractivity contribution in [1.29, 1.82) is 0 Å². The van der Waals surface area contributed by atoms with Gasteiger partial charge in [-0.3, -0.25) is 4.79 Å². The van der Waals surface area contributed by atoms with E-state index in [4.69, 9.17) is 9.15 Å². The van der Waals surface area contributed by atoms with Gasteiger partial charge in [-0.2, -0.15) is 0 Å². The first-order valence-corrected chi connectivity index (χ1v) is 10.5. The molecule has 1 amide bonds. The van der Waals surface area contributed by atoms with E-state index in [9.17, 15) is 9.59 Å². The molecule has 2 aliphatic rings. The highest BCUT2D eigenvalue weighted by Crippen LogP contribution is 2.41. The van der Waals surface area contributed by atoms with E-state index in [1.54, 1.807) is 18.3 Å². The summed E-state index contributed by atoms with van der Waals surface area (Å²) in [6.07, 6.45) is 4.72. The third kappa shape index (κ3) is 3.68. The minimum Gasteiger partial charge on any atom is -0.466 e. The monoisotopic (exact) mass is 411 g/mol. The predicted molar refractivity (Wildman–Crippen MR) is 113 cm³/mol. The maximum absolute atomic E-state index is 13.0. The van der Waals surface area contributed by atoms with Crippen LogP contribution in [-0.4, -0.2) is 55.0 Å². The molecule has 7 nitrogen and oxygen atoms in total. The second-order valence-electron chi connectivity index (χ2n) is 8.49. The summed E-state index contributed by atoms with van der Waals surface area (Å²) in [5.41, 5.74) is 1.16. The van der Waals surface area contributed by atoms with Crippen LogP contribution in [0.25, 0.3) is 0 Å². The van der Waals surface area contributed by atoms with Crippen molar-refractivity contribution in [2.75, 3.05) is 32.1 Å². The molecule has 3 heterocycles. The Bertz CT molecular complexity index is 954. The number of furan rings is 1. The van der Waals surface area contributed by atoms with Gasteiger partial charge in [0.2, 0.25) is 0 Å². The zero-order valence-corrected chi connectivity index (χ0v) is 18.1. The molecule has 0 radical (unpaired) electrons. The molecule has 0 spiro atoms. The van der Waals surface area contributed by atoms with Crippen LogP contribution in [0.5, 0.6) is 0 Å². The van der Waals surface area contributed by atoms with Crippen LogP contribution in [0.1, 0.15) is 51.5 Å². The Labute approximate surface area is 177 Å². The van der Waals surface area contributed by atoms with E-state index in [0.717, 1.165) is 38.1 Å². The number of carbonyl (C=O) groups is 2. The summed E-state index contributed by atoms with van der Waals surface area (Å²) in [7, 11) is 3.29. The number of carbonyl (C=O) groups excluding carboxylic acids is 2. The van der Waals surface area contributed by atoms with Gasteiger partial charge in [0, 0.05) is 32.4 Å². The highest BCUT2D eigenvalue weighted by molar-refractivity contribution is 5.95. The van der Waals surface area contributed by atoms with Crippen LogP contribution >= 0.6 is 0 Å². The lowest BCUT2D eigenvalue weighted by molar-refractivity contribution is 0.0600. The van der Waals surface area contributed by atoms with Crippen LogP contribution in [0.2, 0.25) is 0 Å². The van der Waals surface area contributed by atoms with Gasteiger partial charge in [-0.1, -0.05) is 0 Å². The molecule has 0 aromatic carbocycles. The lowest BCUT2D eigenvalue weighted by atomic mass is 9.88. The standard InChI is InChI=1S/C23H29N3O4/c1-14-10-20(15(2)30-14)22(27)25(3)18-11-16-7-9-26(13-17(16)12-18)21-19(23(28)29-4)6-5-8-24-21/h5-6,8,10,16-18H,7,9,11-13H2,1-4H3/t16-,17-,18+/m1/s1. The highest BCUT2D eigenvalue weighted by Gasteiger charge is 2.41. The Balaban J connectivity index is 1.46. The van der Waals surface area contributed by atoms with Crippen LogP contribution in [0.4, 0.5) is 5.82 Å². The Hall–Kier alpha value is -2.83. The minimum absolute atomic E-state index is 0.0301. The van der Waals surface area contributed by atoms with Gasteiger partial charge in [-0.15, -0.1) is 0 Å². The van der Waals surface area contributed by atoms with Crippen molar-refractivity contribution in [1.82, 2.24) is 9.88 Å². The summed E-state index contributed by atoms with van der Waals surface area (Å²) in [4.78, 5) is 33.7. The average Bonchev–Trinajstić information content (AvgIpc) is 3.33. The first kappa shape index (κ1) is 20.4. The summed E-state index contributed by atoms with van der Waals surface area (Å²) in [5, 5.41) is 0. The number of hydrogen-bond donors (Lipinski definition) is 0. The quantitative estimate of drug-likeness (QED) is 0.718. The van der Waals surface area contributed by atoms with Gasteiger partial charge in [0.05, 0.1) is 12.7 Å². The van der Waals surface area contributed by atoms with Gasteiger partial charge < -0.3 is 19.0 Å². The van der Waals surface area contributed by atoms with E-state index < -0.39 is 0 Å². The van der Waals surface area contributed by atoms with Gasteiger partial charge in [-0.25, -0.2) is 9.78 Å². The minimum atomic E-state index is -0.361. The number of aromatic nitrogens is 1. The van der Waals surface area contributed by atoms with E-state index >= 15 is 0 Å². The van der Waals surface area contributed by atoms with Crippen LogP contribution in [0.3, 0.4) is 0 Å². The second-order valence-corrected chi connectivity index (χ2v) is 8.49. The molecule has 1 saturated heterocycles. The molecule has 0 bridgehead atoms. The summed E-state index contributed by atoms with van der Waals surface area (Å²) in [6, 6.07) is 5.56. The van der Waals surface area contributed by atoms with E-state index in [1.165, 1.54) is 7.11 Å². The fourth-order valence-electron chi connectivity index (χ4n) is 5.08. The molecule has 1 saturated carbocycles. The van der Waals surface area contributed by atoms with Crippen molar-refractivity contribution in [3.05, 3.63) is 47.0 Å². The summed E-state index contributed by atoms with van der Waals surface area (Å²) >= 11 is 0. The molecule has 3 atom stereocenters. The molecule has 4 rings (SSSR count). The van der Waals surface area contributed by atoms with Gasteiger partial charge in [0.15, 0.2) is 0 Å². The normalized spacial score (nSPS) is 23.2. The van der Waals surface area contributed by atoms with Crippen LogP contribution in [0.15, 0.2) is 28.8 Å². The maximum Gasteiger partial charge on any atom is 0.341 e. The number of amides is 1. The molecule has 7 heteroatoms. The topological polar surface area (TPSA) is 75.9 Å². The van der Waals surface area contributed by atoms with E-state index in [1.807, 2.05) is 31.9 Å². The summed E-state index contributed by atoms with van der Waals surface area (Å²) in [6.45, 7) is 5.40. The van der Waals surface area contributed by atoms with Crippen LogP contribution in [0, 0.1) is 25.7 Å². The molecule has 30 heavy (non-hydrogen) atoms. The summed E-state index contributed by atoms with van der Waals surface area (Å²) < 4.78 is 10.5. The Kier molecular flexibility index (Phi) is 5.54. The zero-order chi connectivity index (χ0) is 21.4. The van der Waals surface area contributed by atoms with Crippen LogP contribution < -0.4 is 4.90 Å². The number of ether oxygens (including phenoxy) is 1. The van der Waals surface area contributed by atoms with Crippen molar-refractivity contribution in [2.45, 2.75) is 39.2 Å². The number of nitrogens with zero attached hydrogens (tertiary/aromatic N) is 3. The smallest absolute Gasteiger partial charge is 0.341 e. The van der Waals surface area contributed by atoms with Gasteiger partial charge >= 0.3 is 5.97 Å². The van der Waals surface area contributed by atoms with E-state index in [0.29, 0.717) is 34.5 Å². The number of esters is 1. The van der Waals surface area contributed by atoms with Gasteiger partial charge in [0.25, 0.3) is 5.91 Å². The van der Waals surface area contributed by atoms with Crippen molar-refractivity contribution >= 4 is 17.7 Å². The largest absolute Gasteiger partial charge is 0.466 e. The Morgan fingerprint density at radius 3 is 2.70 bits per heavy atom. The third-order valence-corrected chi connectivity index (χ3v) is 6.67. The molecule has 160 valence electrons. The predicted octanol–water partition coefficient (Wildman–Crippen LogP) is 3.46. The van der Waals surface area contributed by atoms with E-state index in [-0.39, 0.29) is 17.9 Å². The molecule has 2 aromatic rings. The van der Waals surface area contributed by atoms with Crippen molar-refractivity contribution in [3.8, 4) is 0 Å². The molecule has 0 N–H and O–H groups in total. The fourth-order valence-corrected chi connectivity index (χ4v) is 5.08. The third-order valence-electron chi connectivity index (χ3n) is 6.67. The average molecular weight is 412 g/mol. The number of fused-ring (bicyclic) bond motifs is 1. The molecule has 0 unspecified atom stereocenters. The van der Waals surface area contributed by atoms with E-state index in [2.05, 4.69) is 9.88 Å². The van der Waals surface area contributed by atoms with Crippen molar-refractivity contribution in [2.24, 2.45) is 11.8 Å². The maximum atomic E-state index is 13.0. The number of methoxy groups -OCH3 is 1. The molecule has 2 fully saturated rings. The lowest BCUT2D eigenvalue weighted by Gasteiger charge is -2.36. The fraction of sp³-hybridized carbons (Fsp3) is 0.522. The number of hydrogen-bond acceptors (Lipinski definition) is 6. The van der Waals surface area contributed by atoms with Gasteiger partial charge in [-0.05, 0) is 63.1 Å². The van der Waals surface area contributed by atoms with Crippen molar-refractivity contribution < 1.29 is 18.7 Å². The number of aryl methyl sites for hydroxylation is 2. The Morgan fingerprint density at radius 1 is 1.23 bits per heavy atom. The SMILES string of the molecule is COC(=O)c1cccnc1N1CC[C@@H]2C[C@H](N(C)C(=O)c3cc(C)oc3C)C[C@@H]2C1. The molecule has 1 aliphatic carbocycles.